The van der Waals surface area contributed by atoms with Crippen LogP contribution in [0.1, 0.15) is 16.1 Å². The van der Waals surface area contributed by atoms with Crippen molar-refractivity contribution in [2.45, 2.75) is 6.92 Å². The maximum Gasteiger partial charge on any atom is 0.281 e. The number of terminal acetylenes is 1. The number of amides is 1. The number of thiazole rings is 1. The van der Waals surface area contributed by atoms with Crippen LogP contribution in [-0.2, 0) is 0 Å². The number of aryl methyl sites for hydroxylation is 1. The highest BCUT2D eigenvalue weighted by Crippen LogP contribution is 2.23. The summed E-state index contributed by atoms with van der Waals surface area (Å²) >= 11 is 7.55. The Bertz CT molecular complexity index is 911. The lowest BCUT2D eigenvalue weighted by molar-refractivity contribution is 0.0984. The van der Waals surface area contributed by atoms with Crippen LogP contribution in [0.5, 0.6) is 0 Å². The second kappa shape index (κ2) is 6.87. The molecule has 0 fully saturated rings. The van der Waals surface area contributed by atoms with E-state index >= 15 is 0 Å². The molecule has 0 radical (unpaired) electrons. The molecule has 0 N–H and O–H groups in total. The molecule has 0 unspecified atom stereocenters. The van der Waals surface area contributed by atoms with Crippen LogP contribution in [0.2, 0.25) is 5.02 Å². The van der Waals surface area contributed by atoms with Gasteiger partial charge in [0, 0.05) is 23.3 Å². The van der Waals surface area contributed by atoms with Gasteiger partial charge in [0.2, 0.25) is 0 Å². The van der Waals surface area contributed by atoms with E-state index in [9.17, 15) is 4.79 Å². The zero-order chi connectivity index (χ0) is 17.1. The van der Waals surface area contributed by atoms with Crippen molar-refractivity contribution in [3.8, 4) is 18.0 Å². The zero-order valence-electron chi connectivity index (χ0n) is 12.8. The molecule has 0 aliphatic heterocycles. The van der Waals surface area contributed by atoms with E-state index in [0.29, 0.717) is 21.5 Å². The predicted molar refractivity (Wildman–Crippen MR) is 95.9 cm³/mol. The minimum Gasteiger partial charge on any atom is -0.271 e. The van der Waals surface area contributed by atoms with Crippen LogP contribution in [0.25, 0.3) is 5.69 Å². The average molecular weight is 357 g/mol. The molecule has 24 heavy (non-hydrogen) atoms. The molecule has 5 nitrogen and oxygen atoms in total. The summed E-state index contributed by atoms with van der Waals surface area (Å²) in [6, 6.07) is 7.31. The topological polar surface area (TPSA) is 51.0 Å². The first-order valence-electron chi connectivity index (χ1n) is 7.08. The average Bonchev–Trinajstić information content (AvgIpc) is 3.22. The fraction of sp³-hybridized carbons (Fsp3) is 0.118. The Balaban J connectivity index is 1.99. The van der Waals surface area contributed by atoms with Gasteiger partial charge in [-0.3, -0.25) is 9.69 Å². The molecule has 0 bridgehead atoms. The number of carbonyl (C=O) groups excluding carboxylic acids is 1. The van der Waals surface area contributed by atoms with E-state index in [2.05, 4.69) is 16.0 Å². The fourth-order valence-electron chi connectivity index (χ4n) is 2.23. The lowest BCUT2D eigenvalue weighted by Gasteiger charge is -2.15. The van der Waals surface area contributed by atoms with E-state index in [1.54, 1.807) is 28.5 Å². The number of carbonyl (C=O) groups is 1. The summed E-state index contributed by atoms with van der Waals surface area (Å²) in [5, 5.41) is 7.30. The third-order valence-corrected chi connectivity index (χ3v) is 4.46. The Kier molecular flexibility index (Phi) is 4.65. The quantitative estimate of drug-likeness (QED) is 0.671. The van der Waals surface area contributed by atoms with Crippen molar-refractivity contribution >= 4 is 34.0 Å². The van der Waals surface area contributed by atoms with Crippen molar-refractivity contribution in [1.82, 2.24) is 14.8 Å². The van der Waals surface area contributed by atoms with Crippen LogP contribution in [-0.4, -0.2) is 27.2 Å². The number of hydrogen-bond acceptors (Lipinski definition) is 4. The third kappa shape index (κ3) is 3.04. The molecule has 1 amide bonds. The first-order valence-corrected chi connectivity index (χ1v) is 8.33. The summed E-state index contributed by atoms with van der Waals surface area (Å²) < 4.78 is 1.60. The molecule has 7 heteroatoms. The number of para-hydroxylation sites is 1. The first-order chi connectivity index (χ1) is 11.6. The van der Waals surface area contributed by atoms with Crippen molar-refractivity contribution < 1.29 is 4.79 Å². The second-order valence-corrected chi connectivity index (χ2v) is 6.25. The van der Waals surface area contributed by atoms with Gasteiger partial charge in [0.15, 0.2) is 10.8 Å². The van der Waals surface area contributed by atoms with Crippen molar-refractivity contribution in [3.63, 3.8) is 0 Å². The minimum absolute atomic E-state index is 0.130. The molecular weight excluding hydrogens is 344 g/mol. The third-order valence-electron chi connectivity index (χ3n) is 3.34. The van der Waals surface area contributed by atoms with Gasteiger partial charge in [0.05, 0.1) is 17.3 Å². The molecule has 0 aliphatic rings. The Labute approximate surface area is 148 Å². The van der Waals surface area contributed by atoms with E-state index in [4.69, 9.17) is 18.0 Å². The standard InChI is InChI=1S/C17H13ClN4OS/c1-3-9-21(17-19-8-10-24-17)16(23)15-12(2)11-22(20-15)14-7-5-4-6-13(14)18/h1,4-8,10-11H,9H2,2H3. The summed E-state index contributed by atoms with van der Waals surface area (Å²) in [5.41, 5.74) is 1.76. The number of hydrogen-bond donors (Lipinski definition) is 0. The lowest BCUT2D eigenvalue weighted by Crippen LogP contribution is -2.32. The number of aromatic nitrogens is 3. The van der Waals surface area contributed by atoms with Gasteiger partial charge < -0.3 is 0 Å². The van der Waals surface area contributed by atoms with Gasteiger partial charge in [-0.2, -0.15) is 5.10 Å². The van der Waals surface area contributed by atoms with Gasteiger partial charge >= 0.3 is 0 Å². The van der Waals surface area contributed by atoms with Crippen LogP contribution >= 0.6 is 22.9 Å². The van der Waals surface area contributed by atoms with E-state index < -0.39 is 0 Å². The number of nitrogens with zero attached hydrogens (tertiary/aromatic N) is 4. The number of benzene rings is 1. The SMILES string of the molecule is C#CCN(C(=O)c1nn(-c2ccccc2Cl)cc1C)c1nccs1. The summed E-state index contributed by atoms with van der Waals surface area (Å²) in [7, 11) is 0. The molecule has 3 aromatic rings. The van der Waals surface area contributed by atoms with Gasteiger partial charge in [-0.05, 0) is 19.1 Å². The van der Waals surface area contributed by atoms with Gasteiger partial charge in [0.1, 0.15) is 0 Å². The van der Waals surface area contributed by atoms with E-state index in [1.165, 1.54) is 16.2 Å². The summed E-state index contributed by atoms with van der Waals surface area (Å²) in [5.74, 6) is 2.20. The highest BCUT2D eigenvalue weighted by Gasteiger charge is 2.24. The lowest BCUT2D eigenvalue weighted by atomic mass is 10.2. The Morgan fingerprint density at radius 2 is 2.25 bits per heavy atom. The zero-order valence-corrected chi connectivity index (χ0v) is 14.4. The molecule has 0 spiro atoms. The molecule has 2 aromatic heterocycles. The van der Waals surface area contributed by atoms with Crippen molar-refractivity contribution in [2.75, 3.05) is 11.4 Å². The summed E-state index contributed by atoms with van der Waals surface area (Å²) in [6.07, 6.45) is 8.79. The highest BCUT2D eigenvalue weighted by molar-refractivity contribution is 7.13. The van der Waals surface area contributed by atoms with Crippen LogP contribution in [0, 0.1) is 19.3 Å². The highest BCUT2D eigenvalue weighted by atomic mass is 35.5. The van der Waals surface area contributed by atoms with Gasteiger partial charge in [0.25, 0.3) is 5.91 Å². The monoisotopic (exact) mass is 356 g/mol. The van der Waals surface area contributed by atoms with Crippen molar-refractivity contribution in [2.24, 2.45) is 0 Å². The molecule has 120 valence electrons. The van der Waals surface area contributed by atoms with Crippen molar-refractivity contribution in [3.05, 3.63) is 58.3 Å². The molecule has 0 aliphatic carbocycles. The molecule has 3 rings (SSSR count). The summed E-state index contributed by atoms with van der Waals surface area (Å²) in [4.78, 5) is 18.5. The van der Waals surface area contributed by atoms with Crippen LogP contribution in [0.3, 0.4) is 0 Å². The smallest absolute Gasteiger partial charge is 0.271 e. The molecule has 0 saturated carbocycles. The van der Waals surface area contributed by atoms with Crippen LogP contribution in [0.4, 0.5) is 5.13 Å². The number of rotatable bonds is 4. The van der Waals surface area contributed by atoms with E-state index in [0.717, 1.165) is 5.56 Å². The molecule has 0 atom stereocenters. The largest absolute Gasteiger partial charge is 0.281 e. The van der Waals surface area contributed by atoms with Gasteiger partial charge in [-0.25, -0.2) is 9.67 Å². The molecule has 0 saturated heterocycles. The normalized spacial score (nSPS) is 10.4. The van der Waals surface area contributed by atoms with E-state index in [1.807, 2.05) is 25.1 Å². The maximum atomic E-state index is 12.9. The minimum atomic E-state index is -0.286. The van der Waals surface area contributed by atoms with Gasteiger partial charge in [-0.15, -0.1) is 17.8 Å². The molecule has 1 aromatic carbocycles. The Morgan fingerprint density at radius 3 is 2.92 bits per heavy atom. The fourth-order valence-corrected chi connectivity index (χ4v) is 3.09. The van der Waals surface area contributed by atoms with Crippen LogP contribution in [0.15, 0.2) is 42.0 Å². The number of halogens is 1. The Hall–Kier alpha value is -2.62. The first kappa shape index (κ1) is 16.2. The molecular formula is C17H13ClN4OS. The predicted octanol–water partition coefficient (Wildman–Crippen LogP) is 3.57. The maximum absolute atomic E-state index is 12.9. The number of anilines is 1. The second-order valence-electron chi connectivity index (χ2n) is 4.97. The summed E-state index contributed by atoms with van der Waals surface area (Å²) in [6.45, 7) is 1.95. The van der Waals surface area contributed by atoms with Crippen molar-refractivity contribution in [1.29, 1.82) is 0 Å². The molecule has 2 heterocycles. The van der Waals surface area contributed by atoms with Crippen LogP contribution < -0.4 is 4.90 Å². The van der Waals surface area contributed by atoms with E-state index in [-0.39, 0.29) is 12.5 Å². The van der Waals surface area contributed by atoms with Gasteiger partial charge in [-0.1, -0.05) is 29.7 Å². The Morgan fingerprint density at radius 1 is 1.46 bits per heavy atom.